The molecule has 0 fully saturated rings. The second-order valence-corrected chi connectivity index (χ2v) is 6.05. The fourth-order valence-corrected chi connectivity index (χ4v) is 3.08. The number of urea groups is 1. The van der Waals surface area contributed by atoms with Crippen LogP contribution in [0.4, 0.5) is 10.5 Å². The van der Waals surface area contributed by atoms with E-state index in [0.717, 1.165) is 23.4 Å². The van der Waals surface area contributed by atoms with Gasteiger partial charge in [0, 0.05) is 37.4 Å². The van der Waals surface area contributed by atoms with E-state index in [-0.39, 0.29) is 6.03 Å². The van der Waals surface area contributed by atoms with E-state index in [2.05, 4.69) is 40.6 Å². The summed E-state index contributed by atoms with van der Waals surface area (Å²) in [6, 6.07) is 14.5. The molecule has 1 aromatic heterocycles. The number of benzene rings is 2. The molecule has 0 saturated heterocycles. The van der Waals surface area contributed by atoms with Gasteiger partial charge in [0.1, 0.15) is 0 Å². The van der Waals surface area contributed by atoms with Crippen LogP contribution in [0.1, 0.15) is 16.7 Å². The Morgan fingerprint density at radius 3 is 2.92 bits per heavy atom. The van der Waals surface area contributed by atoms with Crippen LogP contribution in [0.25, 0.3) is 5.69 Å². The Bertz CT molecular complexity index is 886. The summed E-state index contributed by atoms with van der Waals surface area (Å²) in [5.41, 5.74) is 5.66. The topological polar surface area (TPSA) is 50.2 Å². The molecule has 1 aliphatic heterocycles. The highest BCUT2D eigenvalue weighted by molar-refractivity contribution is 5.92. The maximum absolute atomic E-state index is 11.7. The fraction of sp³-hybridized carbons (Fsp3) is 0.158. The van der Waals surface area contributed by atoms with E-state index < -0.39 is 0 Å². The lowest BCUT2D eigenvalue weighted by Crippen LogP contribution is -2.35. The third-order valence-corrected chi connectivity index (χ3v) is 4.33. The van der Waals surface area contributed by atoms with E-state index in [4.69, 9.17) is 0 Å². The molecule has 0 aliphatic carbocycles. The number of nitrogens with zero attached hydrogens (tertiary/aromatic N) is 3. The number of aromatic nitrogens is 2. The Labute approximate surface area is 140 Å². The van der Waals surface area contributed by atoms with Gasteiger partial charge in [0.05, 0.1) is 6.33 Å². The molecule has 120 valence electrons. The maximum Gasteiger partial charge on any atom is 0.321 e. The molecule has 5 heteroatoms. The summed E-state index contributed by atoms with van der Waals surface area (Å²) in [7, 11) is 1.80. The molecule has 1 aliphatic rings. The second kappa shape index (κ2) is 5.85. The van der Waals surface area contributed by atoms with Crippen LogP contribution >= 0.6 is 0 Å². The van der Waals surface area contributed by atoms with Gasteiger partial charge in [-0.3, -0.25) is 0 Å². The highest BCUT2D eigenvalue weighted by atomic mass is 16.2. The minimum Gasteiger partial charge on any atom is -0.323 e. The van der Waals surface area contributed by atoms with Gasteiger partial charge < -0.3 is 14.8 Å². The maximum atomic E-state index is 11.7. The first kappa shape index (κ1) is 14.5. The second-order valence-electron chi connectivity index (χ2n) is 6.05. The number of hydrogen-bond acceptors (Lipinski definition) is 2. The number of rotatable bonds is 3. The predicted molar refractivity (Wildman–Crippen MR) is 93.3 cm³/mol. The van der Waals surface area contributed by atoms with E-state index in [0.29, 0.717) is 6.54 Å². The van der Waals surface area contributed by atoms with Crippen LogP contribution in [0.5, 0.6) is 0 Å². The number of carbonyl (C=O) groups is 1. The van der Waals surface area contributed by atoms with Gasteiger partial charge in [-0.05, 0) is 35.2 Å². The van der Waals surface area contributed by atoms with Gasteiger partial charge in [0.15, 0.2) is 0 Å². The summed E-state index contributed by atoms with van der Waals surface area (Å²) in [5, 5.41) is 2.91. The SMILES string of the molecule is CN1Cc2cc(Cc3ccccc3-n3ccnc3)ccc2NC1=O. The molecule has 0 unspecified atom stereocenters. The van der Waals surface area contributed by atoms with Gasteiger partial charge in [-0.1, -0.05) is 30.3 Å². The van der Waals surface area contributed by atoms with Crippen molar-refractivity contribution in [3.8, 4) is 5.69 Å². The lowest BCUT2D eigenvalue weighted by Gasteiger charge is -2.26. The number of imidazole rings is 1. The molecule has 3 aromatic rings. The van der Waals surface area contributed by atoms with Crippen molar-refractivity contribution in [3.05, 3.63) is 77.9 Å². The van der Waals surface area contributed by atoms with Crippen LogP contribution in [0.2, 0.25) is 0 Å². The number of nitrogens with one attached hydrogen (secondary N) is 1. The minimum absolute atomic E-state index is 0.0549. The Morgan fingerprint density at radius 2 is 2.08 bits per heavy atom. The molecular weight excluding hydrogens is 300 g/mol. The number of para-hydroxylation sites is 1. The lowest BCUT2D eigenvalue weighted by atomic mass is 9.99. The van der Waals surface area contributed by atoms with Crippen LogP contribution in [-0.2, 0) is 13.0 Å². The smallest absolute Gasteiger partial charge is 0.321 e. The molecule has 0 atom stereocenters. The standard InChI is InChI=1S/C19H18N4O/c1-22-12-16-11-14(6-7-17(16)21-19(22)24)10-15-4-2-3-5-18(15)23-9-8-20-13-23/h2-9,11,13H,10,12H2,1H3,(H,21,24). The average Bonchev–Trinajstić information content (AvgIpc) is 3.11. The predicted octanol–water partition coefficient (Wildman–Crippen LogP) is 3.44. The Balaban J connectivity index is 1.66. The van der Waals surface area contributed by atoms with Crippen molar-refractivity contribution in [2.75, 3.05) is 12.4 Å². The summed E-state index contributed by atoms with van der Waals surface area (Å²) < 4.78 is 2.03. The van der Waals surface area contributed by atoms with E-state index in [9.17, 15) is 4.79 Å². The van der Waals surface area contributed by atoms with E-state index in [1.807, 2.05) is 29.2 Å². The van der Waals surface area contributed by atoms with E-state index >= 15 is 0 Å². The summed E-state index contributed by atoms with van der Waals surface area (Å²) in [6.45, 7) is 0.637. The largest absolute Gasteiger partial charge is 0.323 e. The Morgan fingerprint density at radius 1 is 1.21 bits per heavy atom. The van der Waals surface area contributed by atoms with Gasteiger partial charge in [0.2, 0.25) is 0 Å². The third kappa shape index (κ3) is 2.65. The first-order valence-electron chi connectivity index (χ1n) is 7.91. The zero-order valence-corrected chi connectivity index (χ0v) is 13.4. The molecule has 2 heterocycles. The molecule has 0 radical (unpaired) electrons. The van der Waals surface area contributed by atoms with Gasteiger partial charge in [0.25, 0.3) is 0 Å². The summed E-state index contributed by atoms with van der Waals surface area (Å²) in [4.78, 5) is 17.5. The van der Waals surface area contributed by atoms with Gasteiger partial charge >= 0.3 is 6.03 Å². The summed E-state index contributed by atoms with van der Waals surface area (Å²) in [5.74, 6) is 0. The normalized spacial score (nSPS) is 13.5. The zero-order chi connectivity index (χ0) is 16.5. The summed E-state index contributed by atoms with van der Waals surface area (Å²) in [6.07, 6.45) is 6.39. The Kier molecular flexibility index (Phi) is 3.54. The molecule has 4 rings (SSSR count). The molecular formula is C19H18N4O. The van der Waals surface area contributed by atoms with Crippen LogP contribution in [0.15, 0.2) is 61.2 Å². The molecule has 0 saturated carbocycles. The monoisotopic (exact) mass is 318 g/mol. The molecule has 2 amide bonds. The highest BCUT2D eigenvalue weighted by Gasteiger charge is 2.19. The molecule has 2 aromatic carbocycles. The van der Waals surface area contributed by atoms with Crippen LogP contribution in [0.3, 0.4) is 0 Å². The first-order chi connectivity index (χ1) is 11.7. The number of carbonyl (C=O) groups excluding carboxylic acids is 1. The van der Waals surface area contributed by atoms with Crippen LogP contribution < -0.4 is 5.32 Å². The fourth-order valence-electron chi connectivity index (χ4n) is 3.08. The van der Waals surface area contributed by atoms with Gasteiger partial charge in [-0.2, -0.15) is 0 Å². The summed E-state index contributed by atoms with van der Waals surface area (Å²) >= 11 is 0. The number of anilines is 1. The minimum atomic E-state index is -0.0549. The zero-order valence-electron chi connectivity index (χ0n) is 13.4. The number of hydrogen-bond donors (Lipinski definition) is 1. The molecule has 24 heavy (non-hydrogen) atoms. The quantitative estimate of drug-likeness (QED) is 0.804. The van der Waals surface area contributed by atoms with Crippen molar-refractivity contribution in [1.29, 1.82) is 0 Å². The van der Waals surface area contributed by atoms with Crippen LogP contribution in [0, 0.1) is 0 Å². The van der Waals surface area contributed by atoms with E-state index in [1.165, 1.54) is 11.1 Å². The lowest BCUT2D eigenvalue weighted by molar-refractivity contribution is 0.218. The van der Waals surface area contributed by atoms with Crippen molar-refractivity contribution >= 4 is 11.7 Å². The highest BCUT2D eigenvalue weighted by Crippen LogP contribution is 2.26. The van der Waals surface area contributed by atoms with Crippen molar-refractivity contribution in [1.82, 2.24) is 14.5 Å². The number of amides is 2. The molecule has 1 N–H and O–H groups in total. The van der Waals surface area contributed by atoms with Crippen molar-refractivity contribution in [3.63, 3.8) is 0 Å². The molecule has 5 nitrogen and oxygen atoms in total. The van der Waals surface area contributed by atoms with Gasteiger partial charge in [-0.25, -0.2) is 9.78 Å². The van der Waals surface area contributed by atoms with Crippen LogP contribution in [-0.4, -0.2) is 27.5 Å². The third-order valence-electron chi connectivity index (χ3n) is 4.33. The number of fused-ring (bicyclic) bond motifs is 1. The Hall–Kier alpha value is -3.08. The van der Waals surface area contributed by atoms with Crippen molar-refractivity contribution < 1.29 is 4.79 Å². The molecule has 0 spiro atoms. The molecule has 0 bridgehead atoms. The first-order valence-corrected chi connectivity index (χ1v) is 7.91. The average molecular weight is 318 g/mol. The van der Waals surface area contributed by atoms with Crippen molar-refractivity contribution in [2.24, 2.45) is 0 Å². The van der Waals surface area contributed by atoms with Gasteiger partial charge in [-0.15, -0.1) is 0 Å². The van der Waals surface area contributed by atoms with Crippen molar-refractivity contribution in [2.45, 2.75) is 13.0 Å². The van der Waals surface area contributed by atoms with E-state index in [1.54, 1.807) is 18.1 Å².